The Balaban J connectivity index is 3.17. The van der Waals surface area contributed by atoms with E-state index in [4.69, 9.17) is 10.6 Å². The molecule has 114 valence electrons. The molecule has 1 aromatic rings. The van der Waals surface area contributed by atoms with Gasteiger partial charge < -0.3 is 4.74 Å². The lowest BCUT2D eigenvalue weighted by Gasteiger charge is -2.30. The second kappa shape index (κ2) is 6.56. The van der Waals surface area contributed by atoms with E-state index in [2.05, 4.69) is 5.43 Å². The monoisotopic (exact) mass is 290 g/mol. The van der Waals surface area contributed by atoms with Gasteiger partial charge in [-0.3, -0.25) is 11.3 Å². The van der Waals surface area contributed by atoms with Crippen molar-refractivity contribution in [2.45, 2.75) is 39.1 Å². The van der Waals surface area contributed by atoms with Crippen molar-refractivity contribution in [1.82, 2.24) is 5.43 Å². The third-order valence-electron chi connectivity index (χ3n) is 3.37. The summed E-state index contributed by atoms with van der Waals surface area (Å²) in [6.07, 6.45) is -4.57. The van der Waals surface area contributed by atoms with Crippen molar-refractivity contribution >= 4 is 0 Å². The van der Waals surface area contributed by atoms with Gasteiger partial charge in [-0.1, -0.05) is 19.9 Å². The summed E-state index contributed by atoms with van der Waals surface area (Å²) in [7, 11) is 1.56. The molecule has 0 aliphatic heterocycles. The van der Waals surface area contributed by atoms with E-state index in [1.165, 1.54) is 6.07 Å². The summed E-state index contributed by atoms with van der Waals surface area (Å²) in [4.78, 5) is 0. The average molecular weight is 290 g/mol. The molecule has 0 fully saturated rings. The Hall–Kier alpha value is -1.11. The maximum absolute atomic E-state index is 12.7. The molecule has 6 heteroatoms. The number of hydrogen-bond acceptors (Lipinski definition) is 3. The maximum Gasteiger partial charge on any atom is 0.416 e. The number of ether oxygens (including phenoxy) is 1. The highest BCUT2D eigenvalue weighted by atomic mass is 19.4. The van der Waals surface area contributed by atoms with Crippen LogP contribution in [0.3, 0.4) is 0 Å². The van der Waals surface area contributed by atoms with E-state index in [0.29, 0.717) is 11.1 Å². The zero-order chi connectivity index (χ0) is 15.5. The van der Waals surface area contributed by atoms with Gasteiger partial charge in [-0.25, -0.2) is 0 Å². The van der Waals surface area contributed by atoms with E-state index < -0.39 is 11.7 Å². The molecule has 0 saturated carbocycles. The Morgan fingerprint density at radius 2 is 1.85 bits per heavy atom. The predicted molar refractivity (Wildman–Crippen MR) is 71.9 cm³/mol. The van der Waals surface area contributed by atoms with Gasteiger partial charge in [-0.05, 0) is 36.1 Å². The van der Waals surface area contributed by atoms with Crippen molar-refractivity contribution in [3.05, 3.63) is 34.9 Å². The molecule has 0 aliphatic rings. The first-order valence-corrected chi connectivity index (χ1v) is 6.39. The van der Waals surface area contributed by atoms with Gasteiger partial charge in [0.25, 0.3) is 0 Å². The van der Waals surface area contributed by atoms with Gasteiger partial charge in [0.1, 0.15) is 0 Å². The van der Waals surface area contributed by atoms with E-state index >= 15 is 0 Å². The van der Waals surface area contributed by atoms with Gasteiger partial charge >= 0.3 is 6.18 Å². The minimum absolute atomic E-state index is 0.169. The Labute approximate surface area is 117 Å². The topological polar surface area (TPSA) is 47.3 Å². The third kappa shape index (κ3) is 3.71. The Morgan fingerprint density at radius 1 is 1.25 bits per heavy atom. The molecule has 3 nitrogen and oxygen atoms in total. The average Bonchev–Trinajstić information content (AvgIpc) is 2.34. The maximum atomic E-state index is 12.7. The molecule has 20 heavy (non-hydrogen) atoms. The molecule has 0 amide bonds. The molecule has 0 bridgehead atoms. The van der Waals surface area contributed by atoms with Crippen LogP contribution in [-0.4, -0.2) is 13.2 Å². The smallest absolute Gasteiger partial charge is 0.379 e. The van der Waals surface area contributed by atoms with Crippen LogP contribution in [0.25, 0.3) is 0 Å². The summed E-state index contributed by atoms with van der Waals surface area (Å²) in [5.41, 5.74) is 3.23. The van der Waals surface area contributed by atoms with Crippen molar-refractivity contribution in [3.63, 3.8) is 0 Å². The Kier molecular flexibility index (Phi) is 5.56. The first kappa shape index (κ1) is 16.9. The van der Waals surface area contributed by atoms with E-state index in [1.54, 1.807) is 14.0 Å². The summed E-state index contributed by atoms with van der Waals surface area (Å²) in [5.74, 6) is 5.73. The highest BCUT2D eigenvalue weighted by Crippen LogP contribution is 2.33. The standard InChI is InChI=1S/C14H21F3N2O/c1-8(2)13(20-4)12(19-18)11-6-5-10(7-9(11)3)14(15,16)17/h5-8,12-13,19H,18H2,1-4H3. The van der Waals surface area contributed by atoms with Crippen molar-refractivity contribution in [2.24, 2.45) is 11.8 Å². The van der Waals surface area contributed by atoms with E-state index in [9.17, 15) is 13.2 Å². The number of nitrogens with two attached hydrogens (primary N) is 1. The molecule has 0 heterocycles. The zero-order valence-electron chi connectivity index (χ0n) is 12.1. The second-order valence-corrected chi connectivity index (χ2v) is 5.16. The van der Waals surface area contributed by atoms with Crippen LogP contribution >= 0.6 is 0 Å². The lowest BCUT2D eigenvalue weighted by atomic mass is 9.90. The molecule has 2 unspecified atom stereocenters. The highest BCUT2D eigenvalue weighted by Gasteiger charge is 2.32. The fourth-order valence-electron chi connectivity index (χ4n) is 2.36. The first-order valence-electron chi connectivity index (χ1n) is 6.39. The van der Waals surface area contributed by atoms with Crippen molar-refractivity contribution in [2.75, 3.05) is 7.11 Å². The molecule has 1 rings (SSSR count). The molecule has 3 N–H and O–H groups in total. The van der Waals surface area contributed by atoms with Crippen LogP contribution in [0.2, 0.25) is 0 Å². The molecule has 0 spiro atoms. The minimum Gasteiger partial charge on any atom is -0.379 e. The first-order chi connectivity index (χ1) is 9.22. The minimum atomic E-state index is -4.34. The summed E-state index contributed by atoms with van der Waals surface area (Å²) in [5, 5.41) is 0. The van der Waals surface area contributed by atoms with Crippen LogP contribution in [0.4, 0.5) is 13.2 Å². The van der Waals surface area contributed by atoms with E-state index in [0.717, 1.165) is 12.1 Å². The fourth-order valence-corrected chi connectivity index (χ4v) is 2.36. The number of aryl methyl sites for hydroxylation is 1. The Morgan fingerprint density at radius 3 is 2.20 bits per heavy atom. The fraction of sp³-hybridized carbons (Fsp3) is 0.571. The van der Waals surface area contributed by atoms with Gasteiger partial charge in [-0.2, -0.15) is 13.2 Å². The van der Waals surface area contributed by atoms with Gasteiger partial charge in [0, 0.05) is 7.11 Å². The summed E-state index contributed by atoms with van der Waals surface area (Å²) in [6.45, 7) is 5.58. The molecular weight excluding hydrogens is 269 g/mol. The summed E-state index contributed by atoms with van der Waals surface area (Å²) in [6, 6.07) is 3.30. The lowest BCUT2D eigenvalue weighted by molar-refractivity contribution is -0.137. The number of halogens is 3. The normalized spacial score (nSPS) is 15.4. The van der Waals surface area contributed by atoms with Crippen LogP contribution in [0.1, 0.15) is 36.6 Å². The number of hydrazine groups is 1. The van der Waals surface area contributed by atoms with Crippen LogP contribution in [0.15, 0.2) is 18.2 Å². The Bertz CT molecular complexity index is 447. The van der Waals surface area contributed by atoms with Gasteiger partial charge in [0.2, 0.25) is 0 Å². The van der Waals surface area contributed by atoms with Gasteiger partial charge in [0.15, 0.2) is 0 Å². The SMILES string of the molecule is COC(C(C)C)C(NN)c1ccc(C(F)(F)F)cc1C. The molecule has 0 radical (unpaired) electrons. The van der Waals surface area contributed by atoms with Gasteiger partial charge in [0.05, 0.1) is 17.7 Å². The van der Waals surface area contributed by atoms with E-state index in [-0.39, 0.29) is 18.1 Å². The van der Waals surface area contributed by atoms with Crippen LogP contribution in [0, 0.1) is 12.8 Å². The number of alkyl halides is 3. The van der Waals surface area contributed by atoms with Crippen LogP contribution in [0.5, 0.6) is 0 Å². The number of rotatable bonds is 5. The molecule has 0 saturated heterocycles. The third-order valence-corrected chi connectivity index (χ3v) is 3.37. The van der Waals surface area contributed by atoms with Gasteiger partial charge in [-0.15, -0.1) is 0 Å². The number of benzene rings is 1. The summed E-state index contributed by atoms with van der Waals surface area (Å²) >= 11 is 0. The summed E-state index contributed by atoms with van der Waals surface area (Å²) < 4.78 is 43.4. The largest absolute Gasteiger partial charge is 0.416 e. The number of methoxy groups -OCH3 is 1. The second-order valence-electron chi connectivity index (χ2n) is 5.16. The zero-order valence-corrected chi connectivity index (χ0v) is 12.1. The molecule has 0 aliphatic carbocycles. The lowest BCUT2D eigenvalue weighted by Crippen LogP contribution is -2.40. The van der Waals surface area contributed by atoms with E-state index in [1.807, 2.05) is 13.8 Å². The quantitative estimate of drug-likeness (QED) is 0.646. The van der Waals surface area contributed by atoms with Crippen LogP contribution in [-0.2, 0) is 10.9 Å². The molecule has 1 aromatic carbocycles. The van der Waals surface area contributed by atoms with Crippen molar-refractivity contribution in [1.29, 1.82) is 0 Å². The number of hydrogen-bond donors (Lipinski definition) is 2. The highest BCUT2D eigenvalue weighted by molar-refractivity contribution is 5.35. The number of nitrogens with one attached hydrogen (secondary N) is 1. The predicted octanol–water partition coefficient (Wildman–Crippen LogP) is 3.19. The van der Waals surface area contributed by atoms with Crippen molar-refractivity contribution < 1.29 is 17.9 Å². The van der Waals surface area contributed by atoms with Crippen molar-refractivity contribution in [3.8, 4) is 0 Å². The van der Waals surface area contributed by atoms with Crippen LogP contribution < -0.4 is 11.3 Å². The molecule has 2 atom stereocenters. The molecular formula is C14H21F3N2O. The molecule has 0 aromatic heterocycles.